The minimum Gasteiger partial charge on any atom is -0.455 e. The zero-order valence-corrected chi connectivity index (χ0v) is 14.4. The van der Waals surface area contributed by atoms with Gasteiger partial charge in [0.1, 0.15) is 5.75 Å². The van der Waals surface area contributed by atoms with Crippen LogP contribution in [0.5, 0.6) is 5.75 Å². The molecular formula is C20H22N2O3. The van der Waals surface area contributed by atoms with Gasteiger partial charge in [-0.2, -0.15) is 0 Å². The predicted molar refractivity (Wildman–Crippen MR) is 94.5 cm³/mol. The second kappa shape index (κ2) is 5.14. The van der Waals surface area contributed by atoms with Crippen LogP contribution in [0.3, 0.4) is 0 Å². The van der Waals surface area contributed by atoms with Gasteiger partial charge in [-0.25, -0.2) is 0 Å². The molecule has 0 aromatic heterocycles. The van der Waals surface area contributed by atoms with Gasteiger partial charge in [0.25, 0.3) is 5.79 Å². The molecule has 5 heteroatoms. The minimum absolute atomic E-state index is 0.303. The number of aliphatic hydroxyl groups is 1. The highest BCUT2D eigenvalue weighted by Gasteiger charge is 2.68. The minimum atomic E-state index is -1.89. The summed E-state index contributed by atoms with van der Waals surface area (Å²) in [6, 6.07) is 10.9. The van der Waals surface area contributed by atoms with Gasteiger partial charge in [0.2, 0.25) is 0 Å². The normalized spacial score (nSPS) is 26.4. The lowest BCUT2D eigenvalue weighted by atomic mass is 9.83. The second-order valence-corrected chi connectivity index (χ2v) is 7.21. The smallest absolute Gasteiger partial charge is 0.265 e. The Morgan fingerprint density at radius 3 is 2.60 bits per heavy atom. The van der Waals surface area contributed by atoms with E-state index in [1.54, 1.807) is 18.2 Å². The lowest BCUT2D eigenvalue weighted by molar-refractivity contribution is -0.162. The summed E-state index contributed by atoms with van der Waals surface area (Å²) in [5, 5.41) is 11.4. The number of hydrogen-bond acceptors (Lipinski definition) is 5. The van der Waals surface area contributed by atoms with E-state index in [4.69, 9.17) is 16.2 Å². The zero-order chi connectivity index (χ0) is 18.0. The number of carbonyl (C=O) groups is 1. The van der Waals surface area contributed by atoms with Crippen molar-refractivity contribution in [1.29, 1.82) is 0 Å². The van der Waals surface area contributed by atoms with Gasteiger partial charge in [0.15, 0.2) is 11.3 Å². The van der Waals surface area contributed by atoms with Crippen molar-refractivity contribution in [2.75, 3.05) is 6.54 Å². The van der Waals surface area contributed by atoms with Crippen LogP contribution in [0.25, 0.3) is 0 Å². The maximum absolute atomic E-state index is 13.1. The molecule has 4 rings (SSSR count). The fraction of sp³-hybridized carbons (Fsp3) is 0.350. The SMILES string of the molecule is CC(C)c1ccc2c(c1)OC1(O)c3cc(CCN)ccc3C(=O)C21N. The Balaban J connectivity index is 1.90. The van der Waals surface area contributed by atoms with Gasteiger partial charge in [-0.1, -0.05) is 38.1 Å². The number of fused-ring (bicyclic) bond motifs is 5. The maximum atomic E-state index is 13.1. The summed E-state index contributed by atoms with van der Waals surface area (Å²) < 4.78 is 5.92. The predicted octanol–water partition coefficient (Wildman–Crippen LogP) is 1.90. The first-order valence-corrected chi connectivity index (χ1v) is 8.56. The van der Waals surface area contributed by atoms with Crippen molar-refractivity contribution in [2.45, 2.75) is 37.5 Å². The van der Waals surface area contributed by atoms with Crippen molar-refractivity contribution in [3.63, 3.8) is 0 Å². The van der Waals surface area contributed by atoms with E-state index in [0.717, 1.165) is 11.1 Å². The molecule has 0 amide bonds. The standard InChI is InChI=1S/C20H22N2O3/c1-11(2)13-4-6-15-17(10-13)25-20(24)16-9-12(7-8-21)3-5-14(16)18(23)19(15,20)22/h3-6,9-11,24H,7-8,21-22H2,1-2H3. The van der Waals surface area contributed by atoms with Gasteiger partial charge in [-0.05, 0) is 42.1 Å². The van der Waals surface area contributed by atoms with Crippen molar-refractivity contribution < 1.29 is 14.6 Å². The molecule has 0 radical (unpaired) electrons. The Bertz CT molecular complexity index is 893. The third-order valence-electron chi connectivity index (χ3n) is 5.37. The number of ether oxygens (including phenoxy) is 1. The first kappa shape index (κ1) is 16.3. The van der Waals surface area contributed by atoms with E-state index in [2.05, 4.69) is 13.8 Å². The monoisotopic (exact) mass is 338 g/mol. The molecule has 1 aliphatic heterocycles. The fourth-order valence-electron chi connectivity index (χ4n) is 3.88. The largest absolute Gasteiger partial charge is 0.455 e. The van der Waals surface area contributed by atoms with E-state index in [0.29, 0.717) is 41.3 Å². The molecule has 2 aliphatic rings. The van der Waals surface area contributed by atoms with Gasteiger partial charge < -0.3 is 21.3 Å². The molecule has 1 heterocycles. The molecule has 5 N–H and O–H groups in total. The third kappa shape index (κ3) is 1.91. The van der Waals surface area contributed by atoms with Gasteiger partial charge in [0.05, 0.1) is 0 Å². The van der Waals surface area contributed by atoms with E-state index in [9.17, 15) is 9.90 Å². The summed E-state index contributed by atoms with van der Waals surface area (Å²) in [6.45, 7) is 4.63. The van der Waals surface area contributed by atoms with Crippen LogP contribution in [0.4, 0.5) is 0 Å². The third-order valence-corrected chi connectivity index (χ3v) is 5.37. The molecule has 0 saturated heterocycles. The van der Waals surface area contributed by atoms with Crippen LogP contribution < -0.4 is 16.2 Å². The lowest BCUT2D eigenvalue weighted by Crippen LogP contribution is -2.55. The van der Waals surface area contributed by atoms with Gasteiger partial charge >= 0.3 is 0 Å². The van der Waals surface area contributed by atoms with Crippen LogP contribution in [0.15, 0.2) is 36.4 Å². The number of nitrogens with two attached hydrogens (primary N) is 2. The van der Waals surface area contributed by atoms with Gasteiger partial charge in [-0.15, -0.1) is 0 Å². The quantitative estimate of drug-likeness (QED) is 0.794. The molecule has 130 valence electrons. The molecule has 0 saturated carbocycles. The molecule has 25 heavy (non-hydrogen) atoms. The van der Waals surface area contributed by atoms with E-state index in [1.165, 1.54) is 0 Å². The zero-order valence-electron chi connectivity index (χ0n) is 14.4. The van der Waals surface area contributed by atoms with Crippen LogP contribution in [-0.4, -0.2) is 17.4 Å². The van der Waals surface area contributed by atoms with Gasteiger partial charge in [0, 0.05) is 16.7 Å². The number of benzene rings is 2. The molecule has 2 aromatic rings. The molecule has 0 bridgehead atoms. The summed E-state index contributed by atoms with van der Waals surface area (Å²) >= 11 is 0. The summed E-state index contributed by atoms with van der Waals surface area (Å²) in [7, 11) is 0. The van der Waals surface area contributed by atoms with Crippen LogP contribution in [0.2, 0.25) is 0 Å². The molecule has 0 spiro atoms. The van der Waals surface area contributed by atoms with E-state index in [-0.39, 0.29) is 5.78 Å². The molecule has 2 aromatic carbocycles. The average molecular weight is 338 g/mol. The Morgan fingerprint density at radius 2 is 1.92 bits per heavy atom. The van der Waals surface area contributed by atoms with Gasteiger partial charge in [-0.3, -0.25) is 4.79 Å². The highest BCUT2D eigenvalue weighted by Crippen LogP contribution is 2.57. The molecule has 0 fully saturated rings. The molecule has 2 unspecified atom stereocenters. The first-order chi connectivity index (χ1) is 11.8. The number of rotatable bonds is 3. The van der Waals surface area contributed by atoms with Crippen molar-refractivity contribution in [3.05, 3.63) is 64.2 Å². The molecule has 1 aliphatic carbocycles. The van der Waals surface area contributed by atoms with Crippen molar-refractivity contribution >= 4 is 5.78 Å². The average Bonchev–Trinajstić information content (AvgIpc) is 2.91. The van der Waals surface area contributed by atoms with Crippen molar-refractivity contribution in [1.82, 2.24) is 0 Å². The topological polar surface area (TPSA) is 98.6 Å². The second-order valence-electron chi connectivity index (χ2n) is 7.21. The van der Waals surface area contributed by atoms with Crippen molar-refractivity contribution in [2.24, 2.45) is 11.5 Å². The first-order valence-electron chi connectivity index (χ1n) is 8.56. The number of carbonyl (C=O) groups excluding carboxylic acids is 1. The molecule has 5 nitrogen and oxygen atoms in total. The molecule has 2 atom stereocenters. The number of hydrogen-bond donors (Lipinski definition) is 3. The van der Waals surface area contributed by atoms with Crippen LogP contribution >= 0.6 is 0 Å². The van der Waals surface area contributed by atoms with Crippen LogP contribution in [-0.2, 0) is 17.7 Å². The van der Waals surface area contributed by atoms with Crippen LogP contribution in [0.1, 0.15) is 52.4 Å². The Morgan fingerprint density at radius 1 is 1.16 bits per heavy atom. The van der Waals surface area contributed by atoms with Crippen molar-refractivity contribution in [3.8, 4) is 5.75 Å². The summed E-state index contributed by atoms with van der Waals surface area (Å²) in [6.07, 6.45) is 0.652. The highest BCUT2D eigenvalue weighted by atomic mass is 16.6. The Kier molecular flexibility index (Phi) is 3.35. The molecular weight excluding hydrogens is 316 g/mol. The van der Waals surface area contributed by atoms with E-state index >= 15 is 0 Å². The fourth-order valence-corrected chi connectivity index (χ4v) is 3.88. The lowest BCUT2D eigenvalue weighted by Gasteiger charge is -2.30. The van der Waals surface area contributed by atoms with E-state index in [1.807, 2.05) is 18.2 Å². The summed E-state index contributed by atoms with van der Waals surface area (Å²) in [5.41, 5.74) is 13.9. The van der Waals surface area contributed by atoms with Crippen LogP contribution in [0, 0.1) is 0 Å². The Hall–Kier alpha value is -2.21. The summed E-state index contributed by atoms with van der Waals surface area (Å²) in [5.74, 6) is -1.43. The number of ketones is 1. The highest BCUT2D eigenvalue weighted by molar-refractivity contribution is 6.10. The summed E-state index contributed by atoms with van der Waals surface area (Å²) in [4.78, 5) is 13.1. The maximum Gasteiger partial charge on any atom is 0.265 e. The van der Waals surface area contributed by atoms with E-state index < -0.39 is 11.3 Å². The Labute approximate surface area is 146 Å². The number of Topliss-reactive ketones (excluding diaryl/α,β-unsaturated/α-hetero) is 1.